The molecule has 0 amide bonds. The molecule has 0 atom stereocenters. The van der Waals surface area contributed by atoms with Crippen LogP contribution in [-0.2, 0) is 5.41 Å². The summed E-state index contributed by atoms with van der Waals surface area (Å²) in [5.41, 5.74) is 13.0. The van der Waals surface area contributed by atoms with E-state index in [1.165, 1.54) is 0 Å². The molecule has 6 heterocycles. The lowest BCUT2D eigenvalue weighted by atomic mass is 9.62. The maximum Gasteiger partial charge on any atom is 0.220 e. The van der Waals surface area contributed by atoms with Crippen molar-refractivity contribution >= 4 is 55.7 Å². The minimum atomic E-state index is -2.39. The number of hydrogen-bond acceptors (Lipinski definition) is 4. The van der Waals surface area contributed by atoms with Crippen LogP contribution in [0.4, 0.5) is 0 Å². The van der Waals surface area contributed by atoms with Gasteiger partial charge in [-0.1, -0.05) is 103 Å². The first-order valence-electron chi connectivity index (χ1n) is 21.9. The maximum absolute atomic E-state index is 8.56. The Morgan fingerprint density at radius 2 is 0.984 bits per heavy atom. The topological polar surface area (TPSA) is 62.9 Å². The van der Waals surface area contributed by atoms with E-state index < -0.39 is 12.3 Å². The van der Waals surface area contributed by atoms with E-state index in [2.05, 4.69) is 140 Å². The van der Waals surface area contributed by atoms with Crippen LogP contribution in [0.2, 0.25) is 0 Å². The SMILES string of the molecule is [2H]C([2H])([2H])c1cccc2c1nc1n(-c3cccc4c3Oc3ccccc3C43c4ccccc4Oc4ccccc43)c3ccc(-n4c5ccccc5n5c6cccc(C)c6nc45)cc3n21. The van der Waals surface area contributed by atoms with Gasteiger partial charge in [0.05, 0.1) is 60.9 Å². The van der Waals surface area contributed by atoms with Gasteiger partial charge in [-0.05, 0) is 91.6 Å². The minimum Gasteiger partial charge on any atom is -0.457 e. The molecule has 1 spiro atoms. The number of fused-ring (bicyclic) bond motifs is 18. The molecule has 14 rings (SSSR count). The third-order valence-electron chi connectivity index (χ3n) is 12.9. The summed E-state index contributed by atoms with van der Waals surface area (Å²) in [5.74, 6) is 4.30. The molecule has 12 aromatic rings. The number of imidazole rings is 4. The highest BCUT2D eigenvalue weighted by Gasteiger charge is 2.51. The van der Waals surface area contributed by atoms with Crippen molar-refractivity contribution < 1.29 is 13.6 Å². The molecule has 8 aromatic carbocycles. The zero-order chi connectivity index (χ0) is 42.6. The minimum absolute atomic E-state index is 0.191. The third kappa shape index (κ3) is 4.04. The van der Waals surface area contributed by atoms with Crippen LogP contribution in [0.15, 0.2) is 170 Å². The highest BCUT2D eigenvalue weighted by molar-refractivity contribution is 5.97. The first kappa shape index (κ1) is 30.0. The van der Waals surface area contributed by atoms with Crippen molar-refractivity contribution in [2.24, 2.45) is 0 Å². The fraction of sp³-hybridized carbons (Fsp3) is 0.0566. The summed E-state index contributed by atoms with van der Waals surface area (Å²) in [5, 5.41) is 0. The van der Waals surface area contributed by atoms with E-state index in [-0.39, 0.29) is 5.56 Å². The first-order valence-corrected chi connectivity index (χ1v) is 20.4. The molecular formula is C53H34N6O2. The van der Waals surface area contributed by atoms with E-state index in [1.807, 2.05) is 42.5 Å². The molecule has 8 nitrogen and oxygen atoms in total. The van der Waals surface area contributed by atoms with Crippen molar-refractivity contribution in [3.05, 3.63) is 203 Å². The Bertz CT molecular complexity index is 3940. The van der Waals surface area contributed by atoms with Crippen LogP contribution < -0.4 is 9.47 Å². The van der Waals surface area contributed by atoms with E-state index in [0.717, 1.165) is 95.3 Å². The molecule has 0 saturated heterocycles. The zero-order valence-electron chi connectivity index (χ0n) is 35.7. The van der Waals surface area contributed by atoms with Crippen LogP contribution in [-0.4, -0.2) is 27.9 Å². The van der Waals surface area contributed by atoms with Gasteiger partial charge in [0.15, 0.2) is 5.75 Å². The molecule has 2 aliphatic heterocycles. The number of benzene rings is 8. The second-order valence-electron chi connectivity index (χ2n) is 16.0. The molecule has 0 aliphatic carbocycles. The van der Waals surface area contributed by atoms with Crippen molar-refractivity contribution in [2.75, 3.05) is 0 Å². The van der Waals surface area contributed by atoms with Crippen molar-refractivity contribution in [1.29, 1.82) is 0 Å². The van der Waals surface area contributed by atoms with E-state index in [4.69, 9.17) is 23.6 Å². The molecule has 4 aromatic heterocycles. The van der Waals surface area contributed by atoms with Gasteiger partial charge >= 0.3 is 0 Å². The maximum atomic E-state index is 8.56. The van der Waals surface area contributed by atoms with Crippen LogP contribution in [0.1, 0.15) is 37.5 Å². The Morgan fingerprint density at radius 1 is 0.459 bits per heavy atom. The van der Waals surface area contributed by atoms with Gasteiger partial charge < -0.3 is 9.47 Å². The van der Waals surface area contributed by atoms with Crippen LogP contribution in [0.25, 0.3) is 67.1 Å². The lowest BCUT2D eigenvalue weighted by molar-refractivity contribution is 0.398. The number of aromatic nitrogens is 6. The van der Waals surface area contributed by atoms with Crippen molar-refractivity contribution in [3.8, 4) is 34.4 Å². The Balaban J connectivity index is 1.11. The van der Waals surface area contributed by atoms with Gasteiger partial charge in [0.1, 0.15) is 17.2 Å². The van der Waals surface area contributed by atoms with Gasteiger partial charge in [-0.15, -0.1) is 0 Å². The largest absolute Gasteiger partial charge is 0.457 e. The van der Waals surface area contributed by atoms with E-state index >= 15 is 0 Å². The van der Waals surface area contributed by atoms with Crippen LogP contribution in [0.5, 0.6) is 23.0 Å². The molecule has 288 valence electrons. The normalized spacial score (nSPS) is 14.7. The van der Waals surface area contributed by atoms with Gasteiger partial charge in [-0.3, -0.25) is 17.9 Å². The van der Waals surface area contributed by atoms with Crippen molar-refractivity contribution in [1.82, 2.24) is 27.9 Å². The molecule has 61 heavy (non-hydrogen) atoms. The van der Waals surface area contributed by atoms with E-state index in [1.54, 1.807) is 12.1 Å². The quantitative estimate of drug-likeness (QED) is 0.175. The Kier molecular flexibility index (Phi) is 5.68. The second-order valence-corrected chi connectivity index (χ2v) is 16.0. The molecule has 0 bridgehead atoms. The average molecular weight is 790 g/mol. The summed E-state index contributed by atoms with van der Waals surface area (Å²) in [7, 11) is 0. The molecular weight excluding hydrogens is 753 g/mol. The number of ether oxygens (including phenoxy) is 2. The summed E-state index contributed by atoms with van der Waals surface area (Å²) in [6, 6.07) is 57.5. The zero-order valence-corrected chi connectivity index (χ0v) is 32.7. The van der Waals surface area contributed by atoms with Gasteiger partial charge in [0.2, 0.25) is 11.6 Å². The fourth-order valence-corrected chi connectivity index (χ4v) is 10.5. The molecule has 0 N–H and O–H groups in total. The average Bonchev–Trinajstić information content (AvgIpc) is 4.05. The van der Waals surface area contributed by atoms with E-state index in [9.17, 15) is 0 Å². The summed E-state index contributed by atoms with van der Waals surface area (Å²) >= 11 is 0. The van der Waals surface area contributed by atoms with Crippen molar-refractivity contribution in [2.45, 2.75) is 19.2 Å². The van der Waals surface area contributed by atoms with Gasteiger partial charge in [-0.25, -0.2) is 9.97 Å². The van der Waals surface area contributed by atoms with Crippen LogP contribution >= 0.6 is 0 Å². The highest BCUT2D eigenvalue weighted by atomic mass is 16.5. The molecule has 2 aliphatic rings. The number of hydrogen-bond donors (Lipinski definition) is 0. The lowest BCUT2D eigenvalue weighted by Gasteiger charge is -2.45. The highest BCUT2D eigenvalue weighted by Crippen LogP contribution is 2.62. The van der Waals surface area contributed by atoms with Crippen molar-refractivity contribution in [3.63, 3.8) is 0 Å². The number of para-hydroxylation sites is 8. The monoisotopic (exact) mass is 789 g/mol. The fourth-order valence-electron chi connectivity index (χ4n) is 10.5. The molecule has 0 saturated carbocycles. The van der Waals surface area contributed by atoms with Gasteiger partial charge in [0.25, 0.3) is 0 Å². The summed E-state index contributed by atoms with van der Waals surface area (Å²) in [6.45, 7) is -0.299. The van der Waals surface area contributed by atoms with E-state index in [0.29, 0.717) is 22.6 Å². The Morgan fingerprint density at radius 3 is 1.69 bits per heavy atom. The standard InChI is InChI=1S/C53H34N6O2/c1-31-14-11-22-41-48(31)54-51-56(38-20-6-7-21-39(38)57(41)51)33-28-29-40-44(30-33)59-42-23-12-15-32(2)49(42)55-52(59)58(40)43-24-13-19-37-50(43)61-47-27-10-5-18-36(47)53(37)34-16-3-8-25-45(34)60-46-26-9-4-17-35(46)53/h3-30H,1-2H3/i2D3. The van der Waals surface area contributed by atoms with Crippen LogP contribution in [0.3, 0.4) is 0 Å². The smallest absolute Gasteiger partial charge is 0.220 e. The predicted molar refractivity (Wildman–Crippen MR) is 241 cm³/mol. The van der Waals surface area contributed by atoms with Gasteiger partial charge in [0, 0.05) is 26.4 Å². The first-order chi connectivity index (χ1) is 31.3. The molecule has 0 fully saturated rings. The second kappa shape index (κ2) is 11.5. The number of nitrogens with zero attached hydrogens (tertiary/aromatic N) is 6. The summed E-state index contributed by atoms with van der Waals surface area (Å²) < 4.78 is 48.1. The number of rotatable bonds is 2. The number of aryl methyl sites for hydroxylation is 2. The van der Waals surface area contributed by atoms with Gasteiger partial charge in [-0.2, -0.15) is 0 Å². The molecule has 0 radical (unpaired) electrons. The Labute approximate surface area is 352 Å². The Hall–Kier alpha value is -8.10. The summed E-state index contributed by atoms with van der Waals surface area (Å²) in [6.07, 6.45) is 0. The molecule has 8 heteroatoms. The third-order valence-corrected chi connectivity index (χ3v) is 12.9. The van der Waals surface area contributed by atoms with Crippen LogP contribution in [0, 0.1) is 13.8 Å². The molecule has 0 unspecified atom stereocenters. The summed E-state index contributed by atoms with van der Waals surface area (Å²) in [4.78, 5) is 10.5. The predicted octanol–water partition coefficient (Wildman–Crippen LogP) is 12.4. The lowest BCUT2D eigenvalue weighted by Crippen LogP contribution is -2.37.